The van der Waals surface area contributed by atoms with E-state index in [1.807, 2.05) is 24.3 Å². The standard InChI is InChI=1S/C16H20N4O3/c1-11(21)15-16(17-10-14-4-3-9-23-14)20(19-18-15)12-5-7-13(22-2)8-6-12/h5-8,14,17H,3-4,9-10H2,1-2H3/t14-/m0/s1. The number of benzene rings is 1. The Morgan fingerprint density at radius 1 is 1.43 bits per heavy atom. The Bertz CT molecular complexity index is 675. The van der Waals surface area contributed by atoms with E-state index in [1.165, 1.54) is 6.92 Å². The molecule has 0 aliphatic carbocycles. The highest BCUT2D eigenvalue weighted by Gasteiger charge is 2.21. The minimum Gasteiger partial charge on any atom is -0.497 e. The highest BCUT2D eigenvalue weighted by Crippen LogP contribution is 2.22. The van der Waals surface area contributed by atoms with Gasteiger partial charge in [-0.1, -0.05) is 5.21 Å². The number of nitrogens with zero attached hydrogens (tertiary/aromatic N) is 3. The van der Waals surface area contributed by atoms with Crippen LogP contribution in [-0.4, -0.2) is 47.1 Å². The highest BCUT2D eigenvalue weighted by molar-refractivity contribution is 5.96. The van der Waals surface area contributed by atoms with Crippen molar-refractivity contribution in [3.63, 3.8) is 0 Å². The molecular formula is C16H20N4O3. The van der Waals surface area contributed by atoms with Crippen LogP contribution in [0.4, 0.5) is 5.82 Å². The largest absolute Gasteiger partial charge is 0.497 e. The second-order valence-electron chi connectivity index (χ2n) is 5.47. The molecule has 1 aliphatic rings. The predicted molar refractivity (Wildman–Crippen MR) is 85.4 cm³/mol. The summed E-state index contributed by atoms with van der Waals surface area (Å²) in [5.74, 6) is 1.23. The lowest BCUT2D eigenvalue weighted by molar-refractivity contribution is 0.101. The molecule has 2 aromatic rings. The number of ether oxygens (including phenoxy) is 2. The predicted octanol–water partition coefficient (Wildman–Crippen LogP) is 2.07. The molecule has 1 aromatic heterocycles. The summed E-state index contributed by atoms with van der Waals surface area (Å²) in [5.41, 5.74) is 1.14. The number of hydrogen-bond donors (Lipinski definition) is 1. The summed E-state index contributed by atoms with van der Waals surface area (Å²) < 4.78 is 12.4. The number of nitrogens with one attached hydrogen (secondary N) is 1. The van der Waals surface area contributed by atoms with Gasteiger partial charge in [-0.3, -0.25) is 4.79 Å². The van der Waals surface area contributed by atoms with Gasteiger partial charge in [-0.25, -0.2) is 0 Å². The second kappa shape index (κ2) is 6.78. The first-order valence-corrected chi connectivity index (χ1v) is 7.65. The molecule has 7 heteroatoms. The zero-order chi connectivity index (χ0) is 16.2. The number of carbonyl (C=O) groups is 1. The van der Waals surface area contributed by atoms with Gasteiger partial charge in [-0.05, 0) is 37.1 Å². The summed E-state index contributed by atoms with van der Waals surface area (Å²) in [5, 5.41) is 11.4. The first-order valence-electron chi connectivity index (χ1n) is 7.65. The van der Waals surface area contributed by atoms with E-state index in [9.17, 15) is 4.79 Å². The molecule has 0 amide bonds. The normalized spacial score (nSPS) is 17.2. The Kier molecular flexibility index (Phi) is 4.57. The van der Waals surface area contributed by atoms with Crippen LogP contribution in [0, 0.1) is 0 Å². The molecule has 0 unspecified atom stereocenters. The molecule has 7 nitrogen and oxygen atoms in total. The minimum absolute atomic E-state index is 0.125. The van der Waals surface area contributed by atoms with E-state index in [4.69, 9.17) is 9.47 Å². The van der Waals surface area contributed by atoms with Crippen molar-refractivity contribution in [1.29, 1.82) is 0 Å². The fourth-order valence-corrected chi connectivity index (χ4v) is 2.60. The molecule has 1 N–H and O–H groups in total. The summed E-state index contributed by atoms with van der Waals surface area (Å²) >= 11 is 0. The van der Waals surface area contributed by atoms with Crippen LogP contribution in [0.5, 0.6) is 5.75 Å². The van der Waals surface area contributed by atoms with Crippen LogP contribution < -0.4 is 10.1 Å². The van der Waals surface area contributed by atoms with E-state index < -0.39 is 0 Å². The quantitative estimate of drug-likeness (QED) is 0.822. The lowest BCUT2D eigenvalue weighted by Gasteiger charge is -2.14. The lowest BCUT2D eigenvalue weighted by Crippen LogP contribution is -2.21. The van der Waals surface area contributed by atoms with Crippen molar-refractivity contribution in [1.82, 2.24) is 15.0 Å². The summed E-state index contributed by atoms with van der Waals surface area (Å²) in [6.07, 6.45) is 2.25. The highest BCUT2D eigenvalue weighted by atomic mass is 16.5. The van der Waals surface area contributed by atoms with Crippen molar-refractivity contribution < 1.29 is 14.3 Å². The number of aromatic nitrogens is 3. The van der Waals surface area contributed by atoms with Gasteiger partial charge in [-0.15, -0.1) is 5.10 Å². The van der Waals surface area contributed by atoms with Gasteiger partial charge in [0.05, 0.1) is 18.9 Å². The Balaban J connectivity index is 1.87. The van der Waals surface area contributed by atoms with Crippen LogP contribution in [0.2, 0.25) is 0 Å². The van der Waals surface area contributed by atoms with Crippen molar-refractivity contribution in [2.24, 2.45) is 0 Å². The number of anilines is 1. The topological polar surface area (TPSA) is 78.3 Å². The third-order valence-corrected chi connectivity index (χ3v) is 3.84. The molecule has 0 bridgehead atoms. The molecule has 0 saturated carbocycles. The zero-order valence-electron chi connectivity index (χ0n) is 13.3. The first kappa shape index (κ1) is 15.5. The number of Topliss-reactive ketones (excluding diaryl/α,β-unsaturated/α-hetero) is 1. The molecule has 23 heavy (non-hydrogen) atoms. The molecule has 1 aliphatic heterocycles. The maximum absolute atomic E-state index is 11.8. The van der Waals surface area contributed by atoms with Gasteiger partial charge in [-0.2, -0.15) is 4.68 Å². The molecule has 1 saturated heterocycles. The van der Waals surface area contributed by atoms with Crippen molar-refractivity contribution in [2.45, 2.75) is 25.9 Å². The van der Waals surface area contributed by atoms with E-state index in [1.54, 1.807) is 11.8 Å². The van der Waals surface area contributed by atoms with Gasteiger partial charge in [0.1, 0.15) is 5.75 Å². The summed E-state index contributed by atoms with van der Waals surface area (Å²) in [4.78, 5) is 11.8. The van der Waals surface area contributed by atoms with Crippen LogP contribution in [0.25, 0.3) is 5.69 Å². The third kappa shape index (κ3) is 3.34. The molecule has 0 radical (unpaired) electrons. The fourth-order valence-electron chi connectivity index (χ4n) is 2.60. The van der Waals surface area contributed by atoms with Gasteiger partial charge in [0, 0.05) is 20.1 Å². The molecule has 0 spiro atoms. The third-order valence-electron chi connectivity index (χ3n) is 3.84. The van der Waals surface area contributed by atoms with Gasteiger partial charge in [0.25, 0.3) is 0 Å². The van der Waals surface area contributed by atoms with E-state index in [0.717, 1.165) is 30.9 Å². The van der Waals surface area contributed by atoms with E-state index in [-0.39, 0.29) is 11.9 Å². The maximum atomic E-state index is 11.8. The van der Waals surface area contributed by atoms with Gasteiger partial charge >= 0.3 is 0 Å². The minimum atomic E-state index is -0.125. The molecule has 1 atom stereocenters. The number of methoxy groups -OCH3 is 1. The number of ketones is 1. The summed E-state index contributed by atoms with van der Waals surface area (Å²) in [6.45, 7) is 2.91. The monoisotopic (exact) mass is 316 g/mol. The Morgan fingerprint density at radius 3 is 2.83 bits per heavy atom. The lowest BCUT2D eigenvalue weighted by atomic mass is 10.2. The number of carbonyl (C=O) groups excluding carboxylic acids is 1. The molecule has 1 fully saturated rings. The average Bonchev–Trinajstić information content (AvgIpc) is 3.22. The van der Waals surface area contributed by atoms with Gasteiger partial charge in [0.2, 0.25) is 0 Å². The zero-order valence-corrected chi connectivity index (χ0v) is 13.3. The van der Waals surface area contributed by atoms with Crippen molar-refractivity contribution >= 4 is 11.6 Å². The van der Waals surface area contributed by atoms with Crippen LogP contribution in [0.1, 0.15) is 30.3 Å². The Morgan fingerprint density at radius 2 is 2.22 bits per heavy atom. The van der Waals surface area contributed by atoms with Crippen LogP contribution in [-0.2, 0) is 4.74 Å². The first-order chi connectivity index (χ1) is 11.2. The SMILES string of the molecule is COc1ccc(-n2nnc(C(C)=O)c2NC[C@@H]2CCCO2)cc1. The van der Waals surface area contributed by atoms with Gasteiger partial charge < -0.3 is 14.8 Å². The van der Waals surface area contributed by atoms with Crippen molar-refractivity contribution in [3.05, 3.63) is 30.0 Å². The van der Waals surface area contributed by atoms with E-state index in [0.29, 0.717) is 18.1 Å². The number of hydrogen-bond acceptors (Lipinski definition) is 6. The molecule has 122 valence electrons. The fraction of sp³-hybridized carbons (Fsp3) is 0.438. The van der Waals surface area contributed by atoms with Crippen molar-refractivity contribution in [3.8, 4) is 11.4 Å². The molecule has 3 rings (SSSR count). The smallest absolute Gasteiger partial charge is 0.183 e. The van der Waals surface area contributed by atoms with Crippen LogP contribution in [0.15, 0.2) is 24.3 Å². The summed E-state index contributed by atoms with van der Waals surface area (Å²) in [6, 6.07) is 7.42. The molecule has 2 heterocycles. The van der Waals surface area contributed by atoms with Crippen LogP contribution in [0.3, 0.4) is 0 Å². The number of rotatable bonds is 6. The second-order valence-corrected chi connectivity index (χ2v) is 5.47. The van der Waals surface area contributed by atoms with E-state index >= 15 is 0 Å². The molecule has 1 aromatic carbocycles. The van der Waals surface area contributed by atoms with Gasteiger partial charge in [0.15, 0.2) is 17.3 Å². The maximum Gasteiger partial charge on any atom is 0.183 e. The molecular weight excluding hydrogens is 296 g/mol. The Labute approximate surface area is 134 Å². The Hall–Kier alpha value is -2.41. The van der Waals surface area contributed by atoms with Crippen LogP contribution >= 0.6 is 0 Å². The summed E-state index contributed by atoms with van der Waals surface area (Å²) in [7, 11) is 1.62. The van der Waals surface area contributed by atoms with Crippen molar-refractivity contribution in [2.75, 3.05) is 25.6 Å². The average molecular weight is 316 g/mol. The van der Waals surface area contributed by atoms with E-state index in [2.05, 4.69) is 15.6 Å².